The molecule has 0 aliphatic carbocycles. The second-order valence-corrected chi connectivity index (χ2v) is 9.12. The number of hydrogen-bond acceptors (Lipinski definition) is 3. The first-order chi connectivity index (χ1) is 14.7. The Labute approximate surface area is 182 Å². The normalized spacial score (nSPS) is 18.1. The molecule has 4 rings (SSSR count). The Hall–Kier alpha value is -2.73. The van der Waals surface area contributed by atoms with Crippen molar-refractivity contribution < 1.29 is 9.59 Å². The van der Waals surface area contributed by atoms with E-state index in [-0.39, 0.29) is 16.8 Å². The Balaban J connectivity index is 1.32. The van der Waals surface area contributed by atoms with E-state index >= 15 is 0 Å². The Morgan fingerprint density at radius 1 is 0.967 bits per heavy atom. The number of benzene rings is 2. The summed E-state index contributed by atoms with van der Waals surface area (Å²) < 4.78 is 0. The average molecular weight is 422 g/mol. The van der Waals surface area contributed by atoms with Crippen molar-refractivity contribution in [1.82, 2.24) is 15.1 Å². The minimum absolute atomic E-state index is 0.0291. The summed E-state index contributed by atoms with van der Waals surface area (Å²) in [5.74, 6) is 1.01. The molecule has 3 amide bonds. The number of carbonyl (C=O) groups is 2. The van der Waals surface area contributed by atoms with Crippen molar-refractivity contribution in [1.29, 1.82) is 0 Å². The number of carbonyl (C=O) groups excluding carboxylic acids is 2. The van der Waals surface area contributed by atoms with Crippen LogP contribution >= 0.6 is 11.8 Å². The highest BCUT2D eigenvalue weighted by atomic mass is 32.2. The van der Waals surface area contributed by atoms with Gasteiger partial charge in [-0.25, -0.2) is 4.79 Å². The molecule has 0 bridgehead atoms. The molecule has 156 valence electrons. The number of piperidine rings is 1. The molecule has 2 aliphatic rings. The molecule has 2 fully saturated rings. The van der Waals surface area contributed by atoms with Crippen molar-refractivity contribution in [3.63, 3.8) is 0 Å². The van der Waals surface area contributed by atoms with Crippen molar-refractivity contribution in [3.05, 3.63) is 77.9 Å². The van der Waals surface area contributed by atoms with Gasteiger partial charge in [0.1, 0.15) is 0 Å². The second kappa shape index (κ2) is 9.39. The highest BCUT2D eigenvalue weighted by molar-refractivity contribution is 8.00. The van der Waals surface area contributed by atoms with Crippen molar-refractivity contribution in [2.24, 2.45) is 0 Å². The van der Waals surface area contributed by atoms with Gasteiger partial charge in [-0.1, -0.05) is 60.7 Å². The number of nitrogens with one attached hydrogen (secondary N) is 1. The molecule has 2 saturated heterocycles. The molecule has 30 heavy (non-hydrogen) atoms. The first-order valence-corrected chi connectivity index (χ1v) is 11.4. The summed E-state index contributed by atoms with van der Waals surface area (Å²) in [7, 11) is 0. The van der Waals surface area contributed by atoms with E-state index in [0.29, 0.717) is 19.6 Å². The SMILES string of the molecule is O=C(NCc1ccccc1)N1CCC2(CC1)SCCN2C(=O)C=Cc1ccccc1. The van der Waals surface area contributed by atoms with Crippen LogP contribution in [0.5, 0.6) is 0 Å². The third-order valence-corrected chi connectivity index (χ3v) is 7.33. The van der Waals surface area contributed by atoms with Gasteiger partial charge in [0.05, 0.1) is 4.87 Å². The van der Waals surface area contributed by atoms with Gasteiger partial charge in [-0.2, -0.15) is 0 Å². The van der Waals surface area contributed by atoms with Gasteiger partial charge < -0.3 is 15.1 Å². The predicted molar refractivity (Wildman–Crippen MR) is 122 cm³/mol. The molecule has 0 saturated carbocycles. The summed E-state index contributed by atoms with van der Waals surface area (Å²) in [6, 6.07) is 19.8. The fraction of sp³-hybridized carbons (Fsp3) is 0.333. The highest BCUT2D eigenvalue weighted by Crippen LogP contribution is 2.44. The fourth-order valence-corrected chi connectivity index (χ4v) is 5.56. The number of thioether (sulfide) groups is 1. The minimum atomic E-state index is -0.186. The summed E-state index contributed by atoms with van der Waals surface area (Å²) in [5, 5.41) is 3.01. The van der Waals surface area contributed by atoms with Crippen LogP contribution in [0.4, 0.5) is 4.79 Å². The lowest BCUT2D eigenvalue weighted by molar-refractivity contribution is -0.129. The van der Waals surface area contributed by atoms with Gasteiger partial charge in [0, 0.05) is 38.0 Å². The zero-order valence-electron chi connectivity index (χ0n) is 17.0. The topological polar surface area (TPSA) is 52.7 Å². The van der Waals surface area contributed by atoms with Crippen molar-refractivity contribution >= 4 is 29.8 Å². The van der Waals surface area contributed by atoms with E-state index in [4.69, 9.17) is 0 Å². The van der Waals surface area contributed by atoms with E-state index in [9.17, 15) is 9.59 Å². The fourth-order valence-electron chi connectivity index (χ4n) is 4.10. The van der Waals surface area contributed by atoms with Crippen LogP contribution in [0.2, 0.25) is 0 Å². The maximum absolute atomic E-state index is 12.9. The molecule has 0 unspecified atom stereocenters. The van der Waals surface area contributed by atoms with E-state index in [0.717, 1.165) is 36.3 Å². The third kappa shape index (κ3) is 4.70. The molecule has 0 aromatic heterocycles. The van der Waals surface area contributed by atoms with Gasteiger partial charge in [-0.05, 0) is 30.0 Å². The summed E-state index contributed by atoms with van der Waals surface area (Å²) in [4.78, 5) is 29.2. The minimum Gasteiger partial charge on any atom is -0.334 e. The van der Waals surface area contributed by atoms with Crippen LogP contribution in [0.15, 0.2) is 66.7 Å². The molecule has 2 heterocycles. The van der Waals surface area contributed by atoms with Crippen molar-refractivity contribution in [2.45, 2.75) is 24.3 Å². The maximum atomic E-state index is 12.9. The molecule has 0 radical (unpaired) electrons. The Morgan fingerprint density at radius 3 is 2.33 bits per heavy atom. The van der Waals surface area contributed by atoms with Crippen molar-refractivity contribution in [2.75, 3.05) is 25.4 Å². The van der Waals surface area contributed by atoms with Gasteiger partial charge in [-0.15, -0.1) is 11.8 Å². The van der Waals surface area contributed by atoms with Gasteiger partial charge in [-0.3, -0.25) is 4.79 Å². The predicted octanol–water partition coefficient (Wildman–Crippen LogP) is 3.98. The van der Waals surface area contributed by atoms with Crippen LogP contribution in [0.3, 0.4) is 0 Å². The van der Waals surface area contributed by atoms with Gasteiger partial charge in [0.25, 0.3) is 0 Å². The van der Waals surface area contributed by atoms with Gasteiger partial charge >= 0.3 is 6.03 Å². The molecule has 2 aromatic carbocycles. The average Bonchev–Trinajstić information content (AvgIpc) is 3.20. The lowest BCUT2D eigenvalue weighted by atomic mass is 10.0. The van der Waals surface area contributed by atoms with Crippen molar-refractivity contribution in [3.8, 4) is 0 Å². The first-order valence-electron chi connectivity index (χ1n) is 10.4. The van der Waals surface area contributed by atoms with Gasteiger partial charge in [0.15, 0.2) is 0 Å². The standard InChI is InChI=1S/C24H27N3O2S/c28-22(12-11-20-7-3-1-4-8-20)27-17-18-30-24(27)13-15-26(16-14-24)23(29)25-19-21-9-5-2-6-10-21/h1-12H,13-19H2,(H,25,29). The van der Waals surface area contributed by atoms with E-state index in [1.165, 1.54) is 0 Å². The van der Waals surface area contributed by atoms with E-state index in [1.54, 1.807) is 6.08 Å². The molecule has 1 spiro atoms. The molecule has 2 aliphatic heterocycles. The number of rotatable bonds is 4. The molecule has 1 N–H and O–H groups in total. The molecule has 0 atom stereocenters. The number of urea groups is 1. The van der Waals surface area contributed by atoms with E-state index < -0.39 is 0 Å². The summed E-state index contributed by atoms with van der Waals surface area (Å²) >= 11 is 1.86. The smallest absolute Gasteiger partial charge is 0.317 e. The largest absolute Gasteiger partial charge is 0.334 e. The molecule has 2 aromatic rings. The molecule has 6 heteroatoms. The highest BCUT2D eigenvalue weighted by Gasteiger charge is 2.46. The quantitative estimate of drug-likeness (QED) is 0.760. The molecular formula is C24H27N3O2S. The van der Waals surface area contributed by atoms with Crippen LogP contribution in [0.25, 0.3) is 6.08 Å². The lowest BCUT2D eigenvalue weighted by Crippen LogP contribution is -2.54. The van der Waals surface area contributed by atoms with E-state index in [2.05, 4.69) is 5.32 Å². The zero-order valence-corrected chi connectivity index (χ0v) is 17.8. The van der Waals surface area contributed by atoms with Crippen LogP contribution in [0.1, 0.15) is 24.0 Å². The maximum Gasteiger partial charge on any atom is 0.317 e. The monoisotopic (exact) mass is 421 g/mol. The summed E-state index contributed by atoms with van der Waals surface area (Å²) in [6.45, 7) is 2.63. The van der Waals surface area contributed by atoms with Gasteiger partial charge in [0.2, 0.25) is 5.91 Å². The summed E-state index contributed by atoms with van der Waals surface area (Å²) in [5.41, 5.74) is 2.12. The zero-order chi connectivity index (χ0) is 20.8. The number of nitrogens with zero attached hydrogens (tertiary/aromatic N) is 2. The molecular weight excluding hydrogens is 394 g/mol. The molecule has 5 nitrogen and oxygen atoms in total. The first kappa shape index (κ1) is 20.5. The van der Waals surface area contributed by atoms with Crippen LogP contribution < -0.4 is 5.32 Å². The number of hydrogen-bond donors (Lipinski definition) is 1. The lowest BCUT2D eigenvalue weighted by Gasteiger charge is -2.43. The van der Waals surface area contributed by atoms with Crippen LogP contribution in [0, 0.1) is 0 Å². The van der Waals surface area contributed by atoms with E-state index in [1.807, 2.05) is 88.3 Å². The Kier molecular flexibility index (Phi) is 6.43. The summed E-state index contributed by atoms with van der Waals surface area (Å²) in [6.07, 6.45) is 5.18. The second-order valence-electron chi connectivity index (χ2n) is 7.66. The number of amides is 3. The Morgan fingerprint density at radius 2 is 1.63 bits per heavy atom. The van der Waals surface area contributed by atoms with Crippen LogP contribution in [-0.4, -0.2) is 52.0 Å². The number of likely N-dealkylation sites (tertiary alicyclic amines) is 1. The Bertz CT molecular complexity index is 893. The van der Waals surface area contributed by atoms with Crippen LogP contribution in [-0.2, 0) is 11.3 Å². The third-order valence-electron chi connectivity index (χ3n) is 5.78.